The smallest absolute Gasteiger partial charge is 0.0781 e. The molecular weight excluding hydrogens is 644 g/mol. The summed E-state index contributed by atoms with van der Waals surface area (Å²) < 4.78 is 57.2. The van der Waals surface area contributed by atoms with Crippen molar-refractivity contribution in [1.29, 1.82) is 0 Å². The van der Waals surface area contributed by atoms with Crippen LogP contribution in [0.25, 0.3) is 0 Å². The zero-order valence-corrected chi connectivity index (χ0v) is 33.4. The van der Waals surface area contributed by atoms with Gasteiger partial charge >= 0.3 is 0 Å². The van der Waals surface area contributed by atoms with E-state index in [2.05, 4.69) is 13.8 Å². The molecular formula is C39H80O11. The van der Waals surface area contributed by atoms with Gasteiger partial charge in [0, 0.05) is 6.61 Å². The Hall–Kier alpha value is -0.440. The normalized spacial score (nSPS) is 15.6. The van der Waals surface area contributed by atoms with Crippen LogP contribution in [0.3, 0.4) is 0 Å². The highest BCUT2D eigenvalue weighted by atomic mass is 16.6. The molecule has 1 N–H and O–H groups in total. The Morgan fingerprint density at radius 2 is 0.640 bits per heavy atom. The van der Waals surface area contributed by atoms with Crippen molar-refractivity contribution in [2.24, 2.45) is 0 Å². The standard InChI is InChI=1S/C39H80O11/c1-8-9-10-11-12-13-14-15-16-17-18-20-44-28-34(2)46-30-36(4)48-32-38(6)50-33-39(7)49-31-37(5)47-29-35(3)45-27-26-43-25-24-42-23-22-41-21-19-40/h34-40H,8-33H2,1-7H3. The van der Waals surface area contributed by atoms with Crippen LogP contribution in [0.4, 0.5) is 0 Å². The van der Waals surface area contributed by atoms with Gasteiger partial charge in [-0.05, 0) is 48.0 Å². The average molecular weight is 725 g/mol. The van der Waals surface area contributed by atoms with E-state index in [4.69, 9.17) is 52.5 Å². The van der Waals surface area contributed by atoms with Crippen LogP contribution in [0.5, 0.6) is 0 Å². The Labute approximate surface area is 307 Å². The van der Waals surface area contributed by atoms with E-state index in [9.17, 15) is 0 Å². The number of hydrogen-bond donors (Lipinski definition) is 1. The molecule has 50 heavy (non-hydrogen) atoms. The van der Waals surface area contributed by atoms with Crippen LogP contribution in [-0.2, 0) is 47.4 Å². The van der Waals surface area contributed by atoms with Crippen LogP contribution in [0.1, 0.15) is 119 Å². The summed E-state index contributed by atoms with van der Waals surface area (Å²) in [4.78, 5) is 0. The van der Waals surface area contributed by atoms with Crippen molar-refractivity contribution < 1.29 is 52.5 Å². The summed E-state index contributed by atoms with van der Waals surface area (Å²) in [6, 6.07) is 0. The first-order valence-electron chi connectivity index (χ1n) is 19.9. The molecule has 0 rings (SSSR count). The molecule has 0 aliphatic carbocycles. The van der Waals surface area contributed by atoms with Gasteiger partial charge in [-0.1, -0.05) is 71.1 Å². The second-order valence-corrected chi connectivity index (χ2v) is 13.6. The molecule has 0 aromatic carbocycles. The minimum absolute atomic E-state index is 0.0188. The molecule has 0 saturated carbocycles. The fourth-order valence-electron chi connectivity index (χ4n) is 4.82. The Balaban J connectivity index is 3.63. The van der Waals surface area contributed by atoms with Crippen molar-refractivity contribution in [3.63, 3.8) is 0 Å². The van der Waals surface area contributed by atoms with Gasteiger partial charge in [0.2, 0.25) is 0 Å². The molecule has 0 amide bonds. The molecule has 0 aliphatic heterocycles. The van der Waals surface area contributed by atoms with Crippen LogP contribution >= 0.6 is 0 Å². The topological polar surface area (TPSA) is 113 Å². The van der Waals surface area contributed by atoms with Crippen molar-refractivity contribution in [3.8, 4) is 0 Å². The third kappa shape index (κ3) is 37.3. The zero-order chi connectivity index (χ0) is 36.9. The molecule has 11 heteroatoms. The van der Waals surface area contributed by atoms with E-state index < -0.39 is 0 Å². The lowest BCUT2D eigenvalue weighted by Gasteiger charge is -2.22. The van der Waals surface area contributed by atoms with Crippen LogP contribution in [0, 0.1) is 0 Å². The van der Waals surface area contributed by atoms with E-state index in [1.165, 1.54) is 64.2 Å². The van der Waals surface area contributed by atoms with Crippen molar-refractivity contribution >= 4 is 0 Å². The van der Waals surface area contributed by atoms with Crippen LogP contribution in [0.15, 0.2) is 0 Å². The van der Waals surface area contributed by atoms with Gasteiger partial charge in [-0.3, -0.25) is 0 Å². The van der Waals surface area contributed by atoms with E-state index in [-0.39, 0.29) is 43.2 Å². The van der Waals surface area contributed by atoms with E-state index in [0.717, 1.165) is 13.0 Å². The number of rotatable bonds is 41. The minimum Gasteiger partial charge on any atom is -0.394 e. The first-order chi connectivity index (χ1) is 24.3. The molecule has 0 aromatic heterocycles. The predicted molar refractivity (Wildman–Crippen MR) is 199 cm³/mol. The second kappa shape index (κ2) is 38.3. The quantitative estimate of drug-likeness (QED) is 0.0673. The molecule has 0 saturated heterocycles. The first kappa shape index (κ1) is 49.6. The Kier molecular flexibility index (Phi) is 38.0. The van der Waals surface area contributed by atoms with E-state index in [1.54, 1.807) is 0 Å². The van der Waals surface area contributed by atoms with Gasteiger partial charge in [-0.2, -0.15) is 0 Å². The summed E-state index contributed by atoms with van der Waals surface area (Å²) in [5.74, 6) is 0. The summed E-state index contributed by atoms with van der Waals surface area (Å²) in [7, 11) is 0. The third-order valence-corrected chi connectivity index (χ3v) is 7.93. The molecule has 0 spiro atoms. The van der Waals surface area contributed by atoms with Crippen molar-refractivity contribution in [3.05, 3.63) is 0 Å². The van der Waals surface area contributed by atoms with Crippen molar-refractivity contribution in [2.45, 2.75) is 156 Å². The molecule has 6 atom stereocenters. The number of unbranched alkanes of at least 4 members (excludes halogenated alkanes) is 10. The number of aliphatic hydroxyl groups excluding tert-OH is 1. The Morgan fingerprint density at radius 3 is 1.04 bits per heavy atom. The molecule has 0 radical (unpaired) electrons. The fraction of sp³-hybridized carbons (Fsp3) is 1.00. The third-order valence-electron chi connectivity index (χ3n) is 7.93. The van der Waals surface area contributed by atoms with Gasteiger partial charge < -0.3 is 52.5 Å². The average Bonchev–Trinajstić information content (AvgIpc) is 3.11. The fourth-order valence-corrected chi connectivity index (χ4v) is 4.82. The number of aliphatic hydroxyl groups is 1. The molecule has 6 unspecified atom stereocenters. The maximum absolute atomic E-state index is 8.64. The SMILES string of the molecule is CCCCCCCCCCCCCOCC(C)OCC(C)OCC(C)OCC(C)OCC(C)OCC(C)OCCOCCOCCOCCO. The largest absolute Gasteiger partial charge is 0.394 e. The zero-order valence-electron chi connectivity index (χ0n) is 33.4. The summed E-state index contributed by atoms with van der Waals surface area (Å²) in [6.45, 7) is 21.5. The molecule has 0 aromatic rings. The second-order valence-electron chi connectivity index (χ2n) is 13.6. The predicted octanol–water partition coefficient (Wildman–Crippen LogP) is 6.79. The summed E-state index contributed by atoms with van der Waals surface area (Å²) in [5, 5.41) is 8.64. The van der Waals surface area contributed by atoms with Crippen LogP contribution in [-0.4, -0.2) is 141 Å². The highest BCUT2D eigenvalue weighted by Gasteiger charge is 2.13. The Bertz CT molecular complexity index is 660. The van der Waals surface area contributed by atoms with Crippen LogP contribution < -0.4 is 0 Å². The van der Waals surface area contributed by atoms with Gasteiger partial charge in [0.25, 0.3) is 0 Å². The lowest BCUT2D eigenvalue weighted by Crippen LogP contribution is -2.30. The highest BCUT2D eigenvalue weighted by molar-refractivity contribution is 4.59. The van der Waals surface area contributed by atoms with Gasteiger partial charge in [0.15, 0.2) is 0 Å². The number of hydrogen-bond acceptors (Lipinski definition) is 11. The Morgan fingerprint density at radius 1 is 0.320 bits per heavy atom. The van der Waals surface area contributed by atoms with Gasteiger partial charge in [-0.25, -0.2) is 0 Å². The summed E-state index contributed by atoms with van der Waals surface area (Å²) >= 11 is 0. The molecule has 0 aliphatic rings. The van der Waals surface area contributed by atoms with Gasteiger partial charge in [0.1, 0.15) is 0 Å². The van der Waals surface area contributed by atoms with E-state index >= 15 is 0 Å². The van der Waals surface area contributed by atoms with Crippen LogP contribution in [0.2, 0.25) is 0 Å². The maximum atomic E-state index is 8.64. The van der Waals surface area contributed by atoms with Gasteiger partial charge in [-0.15, -0.1) is 0 Å². The molecule has 11 nitrogen and oxygen atoms in total. The monoisotopic (exact) mass is 725 g/mol. The van der Waals surface area contributed by atoms with Crippen molar-refractivity contribution in [1.82, 2.24) is 0 Å². The highest BCUT2D eigenvalue weighted by Crippen LogP contribution is 2.11. The van der Waals surface area contributed by atoms with E-state index in [0.29, 0.717) is 85.9 Å². The molecule has 0 fully saturated rings. The van der Waals surface area contributed by atoms with Gasteiger partial charge in [0.05, 0.1) is 129 Å². The summed E-state index contributed by atoms with van der Waals surface area (Å²) in [5.41, 5.74) is 0. The van der Waals surface area contributed by atoms with Crippen molar-refractivity contribution in [2.75, 3.05) is 99.1 Å². The maximum Gasteiger partial charge on any atom is 0.0781 e. The molecule has 302 valence electrons. The minimum atomic E-state index is -0.0582. The lowest BCUT2D eigenvalue weighted by molar-refractivity contribution is -0.105. The number of ether oxygens (including phenoxy) is 10. The lowest BCUT2D eigenvalue weighted by atomic mass is 10.1. The van der Waals surface area contributed by atoms with E-state index in [1.807, 2.05) is 34.6 Å². The summed E-state index contributed by atoms with van der Waals surface area (Å²) in [6.07, 6.45) is 14.6. The molecule has 0 bridgehead atoms. The molecule has 0 heterocycles. The first-order valence-corrected chi connectivity index (χ1v) is 19.9.